The van der Waals surface area contributed by atoms with Gasteiger partial charge in [0.1, 0.15) is 23.1 Å². The van der Waals surface area contributed by atoms with Crippen LogP contribution in [0.3, 0.4) is 0 Å². The molecule has 228 valence electrons. The first-order chi connectivity index (χ1) is 20.1. The number of aliphatic hydroxyl groups is 1. The Morgan fingerprint density at radius 2 is 1.69 bits per heavy atom. The zero-order valence-electron chi connectivity index (χ0n) is 24.5. The Morgan fingerprint density at radius 1 is 0.952 bits per heavy atom. The van der Waals surface area contributed by atoms with Crippen molar-refractivity contribution < 1.29 is 24.3 Å². The predicted molar refractivity (Wildman–Crippen MR) is 159 cm³/mol. The number of amides is 4. The van der Waals surface area contributed by atoms with Crippen molar-refractivity contribution in [3.63, 3.8) is 0 Å². The smallest absolute Gasteiger partial charge is 0.245 e. The fourth-order valence-electron chi connectivity index (χ4n) is 5.26. The number of rotatable bonds is 6. The number of hydrogen-bond donors (Lipinski definition) is 5. The highest BCUT2D eigenvalue weighted by Crippen LogP contribution is 2.27. The summed E-state index contributed by atoms with van der Waals surface area (Å²) in [5.74, 6) is -2.24. The van der Waals surface area contributed by atoms with E-state index in [1.807, 2.05) is 49.1 Å². The number of aliphatic hydroxyl groups excluding tert-OH is 1. The molecule has 2 heterocycles. The van der Waals surface area contributed by atoms with Crippen molar-refractivity contribution >= 4 is 35.0 Å². The molecule has 1 aliphatic heterocycles. The topological polar surface area (TPSA) is 153 Å². The number of fused-ring (bicyclic) bond motifs is 1. The summed E-state index contributed by atoms with van der Waals surface area (Å²) >= 11 is 1.66. The van der Waals surface area contributed by atoms with Crippen molar-refractivity contribution in [2.75, 3.05) is 19.6 Å². The van der Waals surface area contributed by atoms with Gasteiger partial charge in [0.05, 0.1) is 24.9 Å². The summed E-state index contributed by atoms with van der Waals surface area (Å²) in [6.07, 6.45) is 3.25. The Hall–Kier alpha value is -3.35. The second-order valence-electron chi connectivity index (χ2n) is 11.5. The summed E-state index contributed by atoms with van der Waals surface area (Å²) < 4.78 is 0. The molecule has 5 N–H and O–H groups in total. The second-order valence-corrected chi connectivity index (χ2v) is 12.6. The van der Waals surface area contributed by atoms with Gasteiger partial charge in [-0.3, -0.25) is 24.1 Å². The van der Waals surface area contributed by atoms with Crippen LogP contribution in [-0.4, -0.2) is 82.5 Å². The third kappa shape index (κ3) is 8.59. The van der Waals surface area contributed by atoms with E-state index in [0.717, 1.165) is 41.9 Å². The van der Waals surface area contributed by atoms with Gasteiger partial charge in [0.25, 0.3) is 0 Å². The molecule has 1 aromatic carbocycles. The van der Waals surface area contributed by atoms with Gasteiger partial charge in [-0.15, -0.1) is 11.3 Å². The van der Waals surface area contributed by atoms with Crippen LogP contribution in [0.4, 0.5) is 0 Å². The fraction of sp³-hybridized carbons (Fsp3) is 0.567. The molecular weight excluding hydrogens is 556 g/mol. The van der Waals surface area contributed by atoms with Crippen LogP contribution in [0.1, 0.15) is 54.8 Å². The van der Waals surface area contributed by atoms with Gasteiger partial charge >= 0.3 is 0 Å². The van der Waals surface area contributed by atoms with Crippen LogP contribution in [0, 0.1) is 5.92 Å². The predicted octanol–water partition coefficient (Wildman–Crippen LogP) is 0.688. The largest absolute Gasteiger partial charge is 0.391 e. The number of aromatic nitrogens is 1. The van der Waals surface area contributed by atoms with Gasteiger partial charge in [-0.25, -0.2) is 4.98 Å². The number of nitrogens with one attached hydrogen (secondary N) is 4. The first kappa shape index (κ1) is 31.6. The normalized spacial score (nSPS) is 24.0. The van der Waals surface area contributed by atoms with Crippen molar-refractivity contribution in [2.45, 2.75) is 83.6 Å². The highest BCUT2D eigenvalue weighted by molar-refractivity contribution is 7.11. The van der Waals surface area contributed by atoms with Gasteiger partial charge in [0.2, 0.25) is 23.6 Å². The van der Waals surface area contributed by atoms with Crippen LogP contribution in [0.2, 0.25) is 0 Å². The highest BCUT2D eigenvalue weighted by Gasteiger charge is 2.33. The molecular formula is C30H42N6O5S. The zero-order chi connectivity index (χ0) is 30.2. The molecule has 4 amide bonds. The Balaban J connectivity index is 1.58. The van der Waals surface area contributed by atoms with E-state index < -0.39 is 42.0 Å². The van der Waals surface area contributed by atoms with Gasteiger partial charge in [0, 0.05) is 24.4 Å². The molecule has 1 fully saturated rings. The third-order valence-electron chi connectivity index (χ3n) is 7.59. The molecule has 0 radical (unpaired) electrons. The molecule has 1 aliphatic carbocycles. The maximum Gasteiger partial charge on any atom is 0.245 e. The highest BCUT2D eigenvalue weighted by atomic mass is 32.1. The van der Waals surface area contributed by atoms with Crippen LogP contribution in [0.5, 0.6) is 0 Å². The van der Waals surface area contributed by atoms with Crippen molar-refractivity contribution in [3.8, 4) is 0 Å². The molecule has 0 spiro atoms. The monoisotopic (exact) mass is 598 g/mol. The molecule has 0 saturated carbocycles. The van der Waals surface area contributed by atoms with Crippen LogP contribution in [-0.2, 0) is 45.0 Å². The summed E-state index contributed by atoms with van der Waals surface area (Å²) in [6, 6.07) is 6.04. The molecule has 2 aliphatic rings. The minimum absolute atomic E-state index is 0.00106. The molecule has 42 heavy (non-hydrogen) atoms. The number of carbonyl (C=O) groups is 4. The van der Waals surface area contributed by atoms with E-state index >= 15 is 0 Å². The lowest BCUT2D eigenvalue weighted by atomic mass is 10.0. The minimum atomic E-state index is -1.22. The maximum absolute atomic E-state index is 13.5. The number of hydrogen-bond acceptors (Lipinski definition) is 8. The number of nitrogens with zero attached hydrogens (tertiary/aromatic N) is 2. The first-order valence-electron chi connectivity index (χ1n) is 14.7. The van der Waals surface area contributed by atoms with Crippen molar-refractivity contribution in [1.82, 2.24) is 31.2 Å². The van der Waals surface area contributed by atoms with Crippen LogP contribution < -0.4 is 21.3 Å². The van der Waals surface area contributed by atoms with E-state index in [2.05, 4.69) is 21.3 Å². The molecule has 2 aromatic rings. The lowest BCUT2D eigenvalue weighted by Crippen LogP contribution is -2.60. The molecule has 4 atom stereocenters. The Bertz CT molecular complexity index is 1230. The Labute approximate surface area is 250 Å². The maximum atomic E-state index is 13.5. The molecule has 4 rings (SSSR count). The molecule has 11 nitrogen and oxygen atoms in total. The number of thiazole rings is 1. The average Bonchev–Trinajstić information content (AvgIpc) is 3.36. The number of aryl methyl sites for hydroxylation is 2. The van der Waals surface area contributed by atoms with Crippen LogP contribution >= 0.6 is 11.3 Å². The van der Waals surface area contributed by atoms with E-state index in [1.54, 1.807) is 11.3 Å². The fourth-order valence-corrected chi connectivity index (χ4v) is 6.46. The van der Waals surface area contributed by atoms with Gasteiger partial charge in [-0.1, -0.05) is 44.2 Å². The average molecular weight is 599 g/mol. The Kier molecular flexibility index (Phi) is 11.1. The summed E-state index contributed by atoms with van der Waals surface area (Å²) in [4.78, 5) is 61.3. The Morgan fingerprint density at radius 3 is 2.38 bits per heavy atom. The lowest BCUT2D eigenvalue weighted by molar-refractivity contribution is -0.135. The second kappa shape index (κ2) is 14.7. The molecule has 1 aromatic heterocycles. The van der Waals surface area contributed by atoms with E-state index in [9.17, 15) is 24.3 Å². The van der Waals surface area contributed by atoms with Gasteiger partial charge in [0.15, 0.2) is 0 Å². The summed E-state index contributed by atoms with van der Waals surface area (Å²) in [7, 11) is 0. The van der Waals surface area contributed by atoms with E-state index in [4.69, 9.17) is 4.98 Å². The quantitative estimate of drug-likeness (QED) is 0.328. The summed E-state index contributed by atoms with van der Waals surface area (Å²) in [5.41, 5.74) is 1.94. The third-order valence-corrected chi connectivity index (χ3v) is 8.73. The van der Waals surface area contributed by atoms with E-state index in [0.29, 0.717) is 13.1 Å². The van der Waals surface area contributed by atoms with Crippen molar-refractivity contribution in [1.29, 1.82) is 0 Å². The van der Waals surface area contributed by atoms with Crippen molar-refractivity contribution in [3.05, 3.63) is 51.5 Å². The molecule has 12 heteroatoms. The lowest BCUT2D eigenvalue weighted by Gasteiger charge is -2.27. The molecule has 0 unspecified atom stereocenters. The molecule has 0 bridgehead atoms. The van der Waals surface area contributed by atoms with Crippen molar-refractivity contribution in [2.24, 2.45) is 5.92 Å². The standard InChI is InChI=1S/C30H42N6O5S/c1-18(2)26-30(41)33-22(15-20-9-5-4-6-10-20)28(39)35-27(19(3)37)29(40)31-13-14-36(16-24(38)34-26)17-25-32-21-11-7-8-12-23(21)42-25/h4-6,9-10,18-19,22,26-27,37H,7-8,11-17H2,1-3H3,(H,31,40)(H,33,41)(H,34,38)(H,35,39)/t19-,22+,26-,27+/m1/s1. The number of benzene rings is 1. The molecule has 1 saturated heterocycles. The van der Waals surface area contributed by atoms with E-state index in [1.165, 1.54) is 11.8 Å². The minimum Gasteiger partial charge on any atom is -0.391 e. The summed E-state index contributed by atoms with van der Waals surface area (Å²) in [5, 5.41) is 22.4. The van der Waals surface area contributed by atoms with Gasteiger partial charge in [-0.2, -0.15) is 0 Å². The number of carbonyl (C=O) groups excluding carboxylic acids is 4. The SMILES string of the molecule is CC(C)[C@H]1NC(=O)CN(Cc2nc3c(s2)CCCC3)CCNC(=O)[C@H]([C@@H](C)O)NC(=O)[C@H](Cc2ccccc2)NC1=O. The van der Waals surface area contributed by atoms with Crippen LogP contribution in [0.25, 0.3) is 0 Å². The van der Waals surface area contributed by atoms with Gasteiger partial charge < -0.3 is 26.4 Å². The van der Waals surface area contributed by atoms with Crippen LogP contribution in [0.15, 0.2) is 30.3 Å². The zero-order valence-corrected chi connectivity index (χ0v) is 25.3. The summed E-state index contributed by atoms with van der Waals surface area (Å²) in [6.45, 7) is 6.03. The van der Waals surface area contributed by atoms with E-state index in [-0.39, 0.29) is 31.3 Å². The van der Waals surface area contributed by atoms with Gasteiger partial charge in [-0.05, 0) is 44.1 Å². The first-order valence-corrected chi connectivity index (χ1v) is 15.5.